The summed E-state index contributed by atoms with van der Waals surface area (Å²) in [6.07, 6.45) is -0.959. The Balaban J connectivity index is 1.65. The van der Waals surface area contributed by atoms with Crippen LogP contribution in [0.2, 0.25) is 0 Å². The zero-order valence-electron chi connectivity index (χ0n) is 11.9. The van der Waals surface area contributed by atoms with Crippen molar-refractivity contribution in [3.63, 3.8) is 0 Å². The summed E-state index contributed by atoms with van der Waals surface area (Å²) in [7, 11) is 0. The molecule has 0 unspecified atom stereocenters. The highest BCUT2D eigenvalue weighted by atomic mass is 32.1. The van der Waals surface area contributed by atoms with Gasteiger partial charge in [-0.05, 0) is 29.2 Å². The molecule has 0 radical (unpaired) electrons. The number of nitrogens with one attached hydrogen (secondary N) is 1. The highest BCUT2D eigenvalue weighted by Gasteiger charge is 2.29. The van der Waals surface area contributed by atoms with E-state index in [0.29, 0.717) is 16.4 Å². The lowest BCUT2D eigenvalue weighted by atomic mass is 10.1. The van der Waals surface area contributed by atoms with Gasteiger partial charge >= 0.3 is 6.18 Å². The van der Waals surface area contributed by atoms with E-state index in [1.165, 1.54) is 29.7 Å². The summed E-state index contributed by atoms with van der Waals surface area (Å²) in [4.78, 5) is 17.1. The van der Waals surface area contributed by atoms with Gasteiger partial charge in [0.2, 0.25) is 0 Å². The molecule has 1 aromatic carbocycles. The Bertz CT molecular complexity index is 829. The molecule has 5 nitrogen and oxygen atoms in total. The number of thiazole rings is 1. The van der Waals surface area contributed by atoms with Crippen LogP contribution in [0.15, 0.2) is 36.7 Å². The Kier molecular flexibility index (Phi) is 4.58. The zero-order chi connectivity index (χ0) is 17.2. The quantitative estimate of drug-likeness (QED) is 0.757. The van der Waals surface area contributed by atoms with Crippen LogP contribution in [0, 0.1) is 0 Å². The molecule has 0 aliphatic carbocycles. The minimum atomic E-state index is -4.34. The first-order valence-corrected chi connectivity index (χ1v) is 8.20. The number of carbonyl (C=O) groups is 1. The minimum absolute atomic E-state index is 0.347. The van der Waals surface area contributed by atoms with Gasteiger partial charge in [0, 0.05) is 17.5 Å². The van der Waals surface area contributed by atoms with E-state index in [4.69, 9.17) is 0 Å². The van der Waals surface area contributed by atoms with Gasteiger partial charge in [-0.15, -0.1) is 16.4 Å². The summed E-state index contributed by atoms with van der Waals surface area (Å²) in [6.45, 7) is 0. The van der Waals surface area contributed by atoms with Crippen molar-refractivity contribution in [3.05, 3.63) is 57.5 Å². The lowest BCUT2D eigenvalue weighted by Crippen LogP contribution is -2.09. The van der Waals surface area contributed by atoms with E-state index in [1.54, 1.807) is 6.20 Å². The third-order valence-corrected chi connectivity index (χ3v) is 4.59. The van der Waals surface area contributed by atoms with Crippen LogP contribution in [0.4, 0.5) is 18.3 Å². The smallest absolute Gasteiger partial charge is 0.297 e. The molecule has 1 N–H and O–H groups in total. The predicted molar refractivity (Wildman–Crippen MR) is 84.2 cm³/mol. The average Bonchev–Trinajstić information content (AvgIpc) is 3.19. The maximum absolute atomic E-state index is 12.5. The van der Waals surface area contributed by atoms with Gasteiger partial charge in [-0.25, -0.2) is 4.98 Å². The largest absolute Gasteiger partial charge is 0.416 e. The first-order chi connectivity index (χ1) is 11.4. The van der Waals surface area contributed by atoms with Gasteiger partial charge < -0.3 is 0 Å². The Morgan fingerprint density at radius 2 is 1.92 bits per heavy atom. The molecule has 3 aromatic rings. The molecule has 0 saturated heterocycles. The van der Waals surface area contributed by atoms with Crippen molar-refractivity contribution in [2.75, 3.05) is 5.32 Å². The SMILES string of the molecule is O=C(Nc1ncc(Cc2ccc(C(F)(F)F)cc2)s1)c1cnns1. The van der Waals surface area contributed by atoms with Crippen LogP contribution in [0.1, 0.15) is 25.7 Å². The lowest BCUT2D eigenvalue weighted by molar-refractivity contribution is -0.137. The van der Waals surface area contributed by atoms with Crippen LogP contribution in [0.3, 0.4) is 0 Å². The summed E-state index contributed by atoms with van der Waals surface area (Å²) < 4.78 is 41.2. The first kappa shape index (κ1) is 16.5. The summed E-state index contributed by atoms with van der Waals surface area (Å²) in [5.74, 6) is -0.347. The molecule has 10 heteroatoms. The van der Waals surface area contributed by atoms with Gasteiger partial charge in [0.05, 0.1) is 11.8 Å². The van der Waals surface area contributed by atoms with Crippen molar-refractivity contribution in [1.82, 2.24) is 14.6 Å². The van der Waals surface area contributed by atoms with Crippen LogP contribution in [-0.2, 0) is 12.6 Å². The zero-order valence-corrected chi connectivity index (χ0v) is 13.5. The monoisotopic (exact) mass is 370 g/mol. The first-order valence-electron chi connectivity index (χ1n) is 6.61. The Morgan fingerprint density at radius 3 is 2.54 bits per heavy atom. The standard InChI is InChI=1S/C14H9F3N4OS2/c15-14(16,17)9-3-1-8(2-4-9)5-10-6-18-13(23-10)20-12(22)11-7-19-21-24-11/h1-4,6-7H,5H2,(H,18,20,22). The van der Waals surface area contributed by atoms with Crippen molar-refractivity contribution in [2.45, 2.75) is 12.6 Å². The number of hydrogen-bond acceptors (Lipinski definition) is 6. The molecule has 0 atom stereocenters. The Hall–Kier alpha value is -2.33. The summed E-state index contributed by atoms with van der Waals surface area (Å²) in [5.41, 5.74) is 0.0536. The highest BCUT2D eigenvalue weighted by molar-refractivity contribution is 7.16. The number of hydrogen-bond donors (Lipinski definition) is 1. The third-order valence-electron chi connectivity index (χ3n) is 3.02. The number of amides is 1. The molecule has 0 saturated carbocycles. The van der Waals surface area contributed by atoms with Crippen molar-refractivity contribution in [2.24, 2.45) is 0 Å². The molecule has 24 heavy (non-hydrogen) atoms. The van der Waals surface area contributed by atoms with E-state index in [0.717, 1.165) is 34.1 Å². The average molecular weight is 370 g/mol. The molecule has 0 spiro atoms. The fourth-order valence-electron chi connectivity index (χ4n) is 1.89. The van der Waals surface area contributed by atoms with Gasteiger partial charge in [0.1, 0.15) is 4.88 Å². The van der Waals surface area contributed by atoms with Crippen molar-refractivity contribution >= 4 is 33.9 Å². The van der Waals surface area contributed by atoms with Crippen LogP contribution >= 0.6 is 22.9 Å². The number of alkyl halides is 3. The molecule has 124 valence electrons. The minimum Gasteiger partial charge on any atom is -0.297 e. The second-order valence-electron chi connectivity index (χ2n) is 4.74. The third kappa shape index (κ3) is 3.95. The summed E-state index contributed by atoms with van der Waals surface area (Å²) in [5, 5.41) is 6.62. The molecular weight excluding hydrogens is 361 g/mol. The molecule has 0 aliphatic rings. The molecule has 0 bridgehead atoms. The fraction of sp³-hybridized carbons (Fsp3) is 0.143. The molecule has 1 amide bonds. The van der Waals surface area contributed by atoms with Crippen LogP contribution in [-0.4, -0.2) is 20.5 Å². The number of aromatic nitrogens is 3. The van der Waals surface area contributed by atoms with E-state index in [9.17, 15) is 18.0 Å². The predicted octanol–water partition coefficient (Wildman–Crippen LogP) is 3.86. The topological polar surface area (TPSA) is 67.8 Å². The molecule has 2 heterocycles. The molecular formula is C14H9F3N4OS2. The van der Waals surface area contributed by atoms with Gasteiger partial charge in [0.25, 0.3) is 5.91 Å². The normalized spacial score (nSPS) is 11.5. The van der Waals surface area contributed by atoms with Crippen LogP contribution < -0.4 is 5.32 Å². The van der Waals surface area contributed by atoms with Gasteiger partial charge in [-0.3, -0.25) is 10.1 Å². The van der Waals surface area contributed by atoms with Crippen molar-refractivity contribution in [1.29, 1.82) is 0 Å². The van der Waals surface area contributed by atoms with Crippen LogP contribution in [0.25, 0.3) is 0 Å². The Morgan fingerprint density at radius 1 is 1.17 bits per heavy atom. The highest BCUT2D eigenvalue weighted by Crippen LogP contribution is 2.30. The van der Waals surface area contributed by atoms with E-state index in [1.807, 2.05) is 0 Å². The van der Waals surface area contributed by atoms with E-state index < -0.39 is 11.7 Å². The summed E-state index contributed by atoms with van der Waals surface area (Å²) in [6, 6.07) is 4.97. The molecule has 0 aliphatic heterocycles. The summed E-state index contributed by atoms with van der Waals surface area (Å²) >= 11 is 2.24. The van der Waals surface area contributed by atoms with E-state index in [-0.39, 0.29) is 5.91 Å². The van der Waals surface area contributed by atoms with Gasteiger partial charge in [-0.2, -0.15) is 13.2 Å². The lowest BCUT2D eigenvalue weighted by Gasteiger charge is -2.06. The fourth-order valence-corrected chi connectivity index (χ4v) is 3.14. The number of benzene rings is 1. The second-order valence-corrected chi connectivity index (χ2v) is 6.64. The van der Waals surface area contributed by atoms with E-state index >= 15 is 0 Å². The van der Waals surface area contributed by atoms with Crippen LogP contribution in [0.5, 0.6) is 0 Å². The second kappa shape index (κ2) is 6.65. The maximum Gasteiger partial charge on any atom is 0.416 e. The Labute approximate surface area is 142 Å². The molecule has 2 aromatic heterocycles. The molecule has 3 rings (SSSR count). The number of anilines is 1. The van der Waals surface area contributed by atoms with Crippen molar-refractivity contribution < 1.29 is 18.0 Å². The van der Waals surface area contributed by atoms with Crippen molar-refractivity contribution in [3.8, 4) is 0 Å². The number of rotatable bonds is 4. The number of halogens is 3. The van der Waals surface area contributed by atoms with E-state index in [2.05, 4.69) is 19.9 Å². The van der Waals surface area contributed by atoms with Gasteiger partial charge in [-0.1, -0.05) is 16.6 Å². The number of nitrogens with zero attached hydrogens (tertiary/aromatic N) is 3. The van der Waals surface area contributed by atoms with Gasteiger partial charge in [0.15, 0.2) is 5.13 Å². The molecule has 0 fully saturated rings. The maximum atomic E-state index is 12.5. The number of carbonyl (C=O) groups excluding carboxylic acids is 1.